The molecule has 0 aromatic rings. The Balaban J connectivity index is 4.06. The van der Waals surface area contributed by atoms with Crippen molar-refractivity contribution in [3.8, 4) is 0 Å². The fourth-order valence-electron chi connectivity index (χ4n) is 0.478. The van der Waals surface area contributed by atoms with Crippen LogP contribution in [0.1, 0.15) is 20.3 Å². The van der Waals surface area contributed by atoms with Gasteiger partial charge in [0.1, 0.15) is 5.60 Å². The molecule has 0 spiro atoms. The minimum atomic E-state index is -0.549. The van der Waals surface area contributed by atoms with Crippen LogP contribution < -0.4 is 0 Å². The summed E-state index contributed by atoms with van der Waals surface area (Å²) in [5.74, 6) is -0.113. The maximum atomic E-state index is 10.7. The normalized spacial score (nSPS) is 15.2. The molecule has 0 amide bonds. The van der Waals surface area contributed by atoms with Crippen molar-refractivity contribution in [2.45, 2.75) is 25.9 Å². The Kier molecular flexibility index (Phi) is 4.19. The standard InChI is InChI=1S/C8H13ClO2/c1-4-7(10)11-8(3,5-2)6-9/h4H,1,5-6H2,2-3H3. The molecular weight excluding hydrogens is 164 g/mol. The highest BCUT2D eigenvalue weighted by Gasteiger charge is 2.24. The lowest BCUT2D eigenvalue weighted by molar-refractivity contribution is -0.149. The van der Waals surface area contributed by atoms with Gasteiger partial charge in [0.15, 0.2) is 0 Å². The Hall–Kier alpha value is -0.500. The smallest absolute Gasteiger partial charge is 0.330 e. The van der Waals surface area contributed by atoms with Crippen molar-refractivity contribution in [1.82, 2.24) is 0 Å². The number of halogens is 1. The van der Waals surface area contributed by atoms with E-state index in [1.165, 1.54) is 0 Å². The SMILES string of the molecule is C=CC(=O)OC(C)(CC)CCl. The first-order valence-electron chi connectivity index (χ1n) is 3.49. The quantitative estimate of drug-likeness (QED) is 0.373. The molecule has 1 atom stereocenters. The van der Waals surface area contributed by atoms with Crippen LogP contribution in [0.4, 0.5) is 0 Å². The van der Waals surface area contributed by atoms with Crippen LogP contribution in [0.3, 0.4) is 0 Å². The maximum absolute atomic E-state index is 10.7. The first kappa shape index (κ1) is 10.5. The molecule has 0 bridgehead atoms. The Bertz CT molecular complexity index is 150. The highest BCUT2D eigenvalue weighted by Crippen LogP contribution is 2.16. The first-order chi connectivity index (χ1) is 5.08. The molecular formula is C8H13ClO2. The maximum Gasteiger partial charge on any atom is 0.330 e. The Morgan fingerprint density at radius 1 is 1.82 bits per heavy atom. The summed E-state index contributed by atoms with van der Waals surface area (Å²) in [7, 11) is 0. The van der Waals surface area contributed by atoms with Gasteiger partial charge >= 0.3 is 5.97 Å². The number of hydrogen-bond donors (Lipinski definition) is 0. The lowest BCUT2D eigenvalue weighted by Crippen LogP contribution is -2.32. The molecule has 2 nitrogen and oxygen atoms in total. The van der Waals surface area contributed by atoms with Gasteiger partial charge in [0.25, 0.3) is 0 Å². The van der Waals surface area contributed by atoms with Crippen LogP contribution in [0.5, 0.6) is 0 Å². The van der Waals surface area contributed by atoms with E-state index >= 15 is 0 Å². The van der Waals surface area contributed by atoms with Crippen LogP contribution in [0.2, 0.25) is 0 Å². The number of esters is 1. The zero-order valence-electron chi connectivity index (χ0n) is 6.89. The van der Waals surface area contributed by atoms with E-state index in [1.54, 1.807) is 6.92 Å². The van der Waals surface area contributed by atoms with Gasteiger partial charge in [-0.3, -0.25) is 0 Å². The zero-order valence-corrected chi connectivity index (χ0v) is 7.65. The van der Waals surface area contributed by atoms with Crippen LogP contribution in [0.15, 0.2) is 12.7 Å². The number of rotatable bonds is 4. The third-order valence-electron chi connectivity index (χ3n) is 1.54. The van der Waals surface area contributed by atoms with Crippen LogP contribution in [-0.4, -0.2) is 17.5 Å². The van der Waals surface area contributed by atoms with E-state index in [2.05, 4.69) is 6.58 Å². The second kappa shape index (κ2) is 4.39. The second-order valence-electron chi connectivity index (χ2n) is 2.56. The number of carbonyl (C=O) groups is 1. The molecule has 0 aliphatic carbocycles. The van der Waals surface area contributed by atoms with Crippen LogP contribution in [0.25, 0.3) is 0 Å². The fraction of sp³-hybridized carbons (Fsp3) is 0.625. The predicted molar refractivity (Wildman–Crippen MR) is 45.7 cm³/mol. The molecule has 0 heterocycles. The van der Waals surface area contributed by atoms with Gasteiger partial charge in [0, 0.05) is 6.08 Å². The largest absolute Gasteiger partial charge is 0.455 e. The number of ether oxygens (including phenoxy) is 1. The van der Waals surface area contributed by atoms with Crippen molar-refractivity contribution in [1.29, 1.82) is 0 Å². The first-order valence-corrected chi connectivity index (χ1v) is 4.03. The molecule has 0 aliphatic rings. The van der Waals surface area contributed by atoms with Gasteiger partial charge in [-0.15, -0.1) is 11.6 Å². The lowest BCUT2D eigenvalue weighted by Gasteiger charge is -2.24. The molecule has 0 fully saturated rings. The van der Waals surface area contributed by atoms with Crippen LogP contribution in [0, 0.1) is 0 Å². The molecule has 0 radical (unpaired) electrons. The topological polar surface area (TPSA) is 26.3 Å². The van der Waals surface area contributed by atoms with Crippen molar-refractivity contribution < 1.29 is 9.53 Å². The summed E-state index contributed by atoms with van der Waals surface area (Å²) >= 11 is 5.60. The summed E-state index contributed by atoms with van der Waals surface area (Å²) in [4.78, 5) is 10.7. The van der Waals surface area contributed by atoms with Crippen LogP contribution in [-0.2, 0) is 9.53 Å². The molecule has 1 unspecified atom stereocenters. The molecule has 0 aromatic heterocycles. The van der Waals surface area contributed by atoms with E-state index in [9.17, 15) is 4.79 Å². The van der Waals surface area contributed by atoms with Gasteiger partial charge < -0.3 is 4.74 Å². The van der Waals surface area contributed by atoms with Gasteiger partial charge in [0.05, 0.1) is 5.88 Å². The molecule has 0 aliphatic heterocycles. The third-order valence-corrected chi connectivity index (χ3v) is 2.11. The molecule has 64 valence electrons. The number of carbonyl (C=O) groups excluding carboxylic acids is 1. The monoisotopic (exact) mass is 176 g/mol. The van der Waals surface area contributed by atoms with Gasteiger partial charge in [-0.2, -0.15) is 0 Å². The number of alkyl halides is 1. The van der Waals surface area contributed by atoms with E-state index in [-0.39, 0.29) is 0 Å². The van der Waals surface area contributed by atoms with Gasteiger partial charge in [0.2, 0.25) is 0 Å². The van der Waals surface area contributed by atoms with E-state index in [0.717, 1.165) is 6.08 Å². The van der Waals surface area contributed by atoms with E-state index < -0.39 is 11.6 Å². The highest BCUT2D eigenvalue weighted by molar-refractivity contribution is 6.18. The predicted octanol–water partition coefficient (Wildman–Crippen LogP) is 2.12. The minimum absolute atomic E-state index is 0.309. The van der Waals surface area contributed by atoms with Gasteiger partial charge in [-0.1, -0.05) is 13.5 Å². The summed E-state index contributed by atoms with van der Waals surface area (Å²) in [6.07, 6.45) is 1.84. The van der Waals surface area contributed by atoms with E-state index in [1.807, 2.05) is 6.92 Å². The Morgan fingerprint density at radius 3 is 2.64 bits per heavy atom. The van der Waals surface area contributed by atoms with Crippen LogP contribution >= 0.6 is 11.6 Å². The summed E-state index contributed by atoms with van der Waals surface area (Å²) in [5, 5.41) is 0. The van der Waals surface area contributed by atoms with Crippen molar-refractivity contribution in [3.05, 3.63) is 12.7 Å². The van der Waals surface area contributed by atoms with Gasteiger partial charge in [-0.05, 0) is 13.3 Å². The highest BCUT2D eigenvalue weighted by atomic mass is 35.5. The van der Waals surface area contributed by atoms with E-state index in [0.29, 0.717) is 12.3 Å². The van der Waals surface area contributed by atoms with E-state index in [4.69, 9.17) is 16.3 Å². The minimum Gasteiger partial charge on any atom is -0.455 e. The second-order valence-corrected chi connectivity index (χ2v) is 2.83. The molecule has 0 aromatic carbocycles. The molecule has 0 N–H and O–H groups in total. The number of hydrogen-bond acceptors (Lipinski definition) is 2. The summed E-state index contributed by atoms with van der Waals surface area (Å²) in [5.41, 5.74) is -0.549. The van der Waals surface area contributed by atoms with Crippen molar-refractivity contribution in [2.75, 3.05) is 5.88 Å². The summed E-state index contributed by atoms with van der Waals surface area (Å²) < 4.78 is 5.00. The Morgan fingerprint density at radius 2 is 2.36 bits per heavy atom. The molecule has 0 rings (SSSR count). The summed E-state index contributed by atoms with van der Waals surface area (Å²) in [6, 6.07) is 0. The lowest BCUT2D eigenvalue weighted by atomic mass is 10.1. The Labute approximate surface area is 72.2 Å². The average molecular weight is 177 g/mol. The average Bonchev–Trinajstić information content (AvgIpc) is 2.04. The molecule has 0 saturated carbocycles. The zero-order chi connectivity index (χ0) is 8.91. The van der Waals surface area contributed by atoms with Crippen molar-refractivity contribution in [3.63, 3.8) is 0 Å². The van der Waals surface area contributed by atoms with Crippen molar-refractivity contribution >= 4 is 17.6 Å². The molecule has 11 heavy (non-hydrogen) atoms. The van der Waals surface area contributed by atoms with Crippen molar-refractivity contribution in [2.24, 2.45) is 0 Å². The molecule has 3 heteroatoms. The summed E-state index contributed by atoms with van der Waals surface area (Å²) in [6.45, 7) is 7.00. The third kappa shape index (κ3) is 3.42. The van der Waals surface area contributed by atoms with Gasteiger partial charge in [-0.25, -0.2) is 4.79 Å². The molecule has 0 saturated heterocycles. The fourth-order valence-corrected chi connectivity index (χ4v) is 0.722.